The molecule has 0 aliphatic carbocycles. The third-order valence-corrected chi connectivity index (χ3v) is 5.43. The van der Waals surface area contributed by atoms with E-state index in [2.05, 4.69) is 26.3 Å². The molecular formula is C19H19N5O. The van der Waals surface area contributed by atoms with Crippen LogP contribution >= 0.6 is 0 Å². The summed E-state index contributed by atoms with van der Waals surface area (Å²) in [4.78, 5) is 24.0. The van der Waals surface area contributed by atoms with Crippen molar-refractivity contribution in [1.82, 2.24) is 9.97 Å². The Bertz CT molecular complexity index is 932. The molecule has 3 heterocycles. The maximum Gasteiger partial charge on any atom is 0.238 e. The molecule has 2 aromatic rings. The molecule has 0 radical (unpaired) electrons. The van der Waals surface area contributed by atoms with Gasteiger partial charge < -0.3 is 10.2 Å². The molecule has 4 rings (SSSR count). The van der Waals surface area contributed by atoms with Crippen LogP contribution in [0.25, 0.3) is 0 Å². The van der Waals surface area contributed by atoms with Crippen molar-refractivity contribution < 1.29 is 4.79 Å². The minimum Gasteiger partial charge on any atom is -0.353 e. The highest BCUT2D eigenvalue weighted by atomic mass is 16.2. The number of aromatic nitrogens is 2. The van der Waals surface area contributed by atoms with Gasteiger partial charge in [0.2, 0.25) is 5.91 Å². The van der Waals surface area contributed by atoms with Crippen LogP contribution in [-0.2, 0) is 10.2 Å². The molecule has 2 aliphatic rings. The third-order valence-electron chi connectivity index (χ3n) is 5.43. The standard InChI is InChI=1S/C19H19N5O/c1-11-12(2)21-13(3)22-17(11)24-9-14(8-20)19(10-24)15-6-4-5-7-16(15)23-18(19)25/h4-7,14H,9-10H2,1-3H3,(H,23,25). The van der Waals surface area contributed by atoms with Crippen molar-refractivity contribution in [3.63, 3.8) is 0 Å². The van der Waals surface area contributed by atoms with Gasteiger partial charge in [-0.25, -0.2) is 9.97 Å². The Kier molecular flexibility index (Phi) is 3.29. The lowest BCUT2D eigenvalue weighted by atomic mass is 9.74. The van der Waals surface area contributed by atoms with Gasteiger partial charge in [0, 0.05) is 30.0 Å². The monoisotopic (exact) mass is 333 g/mol. The van der Waals surface area contributed by atoms with Crippen molar-refractivity contribution in [3.05, 3.63) is 46.9 Å². The quantitative estimate of drug-likeness (QED) is 0.865. The van der Waals surface area contributed by atoms with Crippen LogP contribution in [0.5, 0.6) is 0 Å². The number of amides is 1. The first-order valence-corrected chi connectivity index (χ1v) is 8.34. The number of nitriles is 1. The number of aryl methyl sites for hydroxylation is 2. The zero-order chi connectivity index (χ0) is 17.8. The van der Waals surface area contributed by atoms with Gasteiger partial charge >= 0.3 is 0 Å². The first-order chi connectivity index (χ1) is 12.0. The van der Waals surface area contributed by atoms with E-state index in [4.69, 9.17) is 0 Å². The zero-order valence-corrected chi connectivity index (χ0v) is 14.5. The SMILES string of the molecule is Cc1nc(C)c(C)c(N2CC(C#N)C3(C2)C(=O)Nc2ccccc23)n1. The molecule has 1 fully saturated rings. The average molecular weight is 333 g/mol. The van der Waals surface area contributed by atoms with E-state index in [1.54, 1.807) is 0 Å². The number of rotatable bonds is 1. The zero-order valence-electron chi connectivity index (χ0n) is 14.5. The Hall–Kier alpha value is -2.94. The highest BCUT2D eigenvalue weighted by Crippen LogP contribution is 2.48. The van der Waals surface area contributed by atoms with Crippen molar-refractivity contribution in [1.29, 1.82) is 5.26 Å². The minimum atomic E-state index is -0.843. The average Bonchev–Trinajstić information content (AvgIpc) is 3.11. The molecular weight excluding hydrogens is 314 g/mol. The van der Waals surface area contributed by atoms with Crippen molar-refractivity contribution >= 4 is 17.4 Å². The van der Waals surface area contributed by atoms with Crippen LogP contribution in [0.4, 0.5) is 11.5 Å². The summed E-state index contributed by atoms with van der Waals surface area (Å²) in [5.41, 5.74) is 2.79. The lowest BCUT2D eigenvalue weighted by Crippen LogP contribution is -2.42. The molecule has 0 bridgehead atoms. The summed E-state index contributed by atoms with van der Waals surface area (Å²) in [5, 5.41) is 12.7. The summed E-state index contributed by atoms with van der Waals surface area (Å²) in [6.07, 6.45) is 0. The Morgan fingerprint density at radius 3 is 2.80 bits per heavy atom. The van der Waals surface area contributed by atoms with Crippen molar-refractivity contribution in [2.24, 2.45) is 5.92 Å². The maximum absolute atomic E-state index is 12.9. The summed E-state index contributed by atoms with van der Waals surface area (Å²) in [6.45, 7) is 6.73. The van der Waals surface area contributed by atoms with Gasteiger partial charge in [0.25, 0.3) is 0 Å². The maximum atomic E-state index is 12.9. The van der Waals surface area contributed by atoms with E-state index in [0.717, 1.165) is 28.3 Å². The Labute approximate surface area is 146 Å². The summed E-state index contributed by atoms with van der Waals surface area (Å²) < 4.78 is 0. The number of anilines is 2. The van der Waals surface area contributed by atoms with Gasteiger partial charge in [0.15, 0.2) is 0 Å². The fourth-order valence-corrected chi connectivity index (χ4v) is 4.06. The number of fused-ring (bicyclic) bond motifs is 2. The van der Waals surface area contributed by atoms with Gasteiger partial charge in [-0.1, -0.05) is 18.2 Å². The number of hydrogen-bond donors (Lipinski definition) is 1. The predicted molar refractivity (Wildman–Crippen MR) is 94.3 cm³/mol. The number of benzene rings is 1. The molecule has 1 aromatic carbocycles. The van der Waals surface area contributed by atoms with E-state index in [9.17, 15) is 10.1 Å². The largest absolute Gasteiger partial charge is 0.353 e. The number of carbonyl (C=O) groups excluding carboxylic acids is 1. The van der Waals surface area contributed by atoms with Crippen molar-refractivity contribution in [3.8, 4) is 6.07 Å². The van der Waals surface area contributed by atoms with Crippen LogP contribution in [0.2, 0.25) is 0 Å². The van der Waals surface area contributed by atoms with Crippen LogP contribution in [0.3, 0.4) is 0 Å². The van der Waals surface area contributed by atoms with Crippen molar-refractivity contribution in [2.45, 2.75) is 26.2 Å². The van der Waals surface area contributed by atoms with Crippen LogP contribution in [0.15, 0.2) is 24.3 Å². The Morgan fingerprint density at radius 2 is 2.04 bits per heavy atom. The summed E-state index contributed by atoms with van der Waals surface area (Å²) in [7, 11) is 0. The molecule has 6 heteroatoms. The van der Waals surface area contributed by atoms with Gasteiger partial charge in [-0.3, -0.25) is 4.79 Å². The molecule has 1 amide bonds. The normalized spacial score (nSPS) is 24.3. The fourth-order valence-electron chi connectivity index (χ4n) is 4.06. The summed E-state index contributed by atoms with van der Waals surface area (Å²) in [6, 6.07) is 10.0. The second-order valence-corrected chi connectivity index (χ2v) is 6.84. The van der Waals surface area contributed by atoms with E-state index in [1.807, 2.05) is 45.0 Å². The molecule has 1 saturated heterocycles. The van der Waals surface area contributed by atoms with Crippen LogP contribution in [-0.4, -0.2) is 29.0 Å². The Balaban J connectivity index is 1.84. The van der Waals surface area contributed by atoms with Gasteiger partial charge in [-0.15, -0.1) is 0 Å². The first kappa shape index (κ1) is 15.6. The highest BCUT2D eigenvalue weighted by Gasteiger charge is 2.58. The highest BCUT2D eigenvalue weighted by molar-refractivity contribution is 6.07. The summed E-state index contributed by atoms with van der Waals surface area (Å²) in [5.74, 6) is 0.997. The number of nitrogens with one attached hydrogen (secondary N) is 1. The molecule has 1 aromatic heterocycles. The number of carbonyl (C=O) groups is 1. The smallest absolute Gasteiger partial charge is 0.238 e. The molecule has 6 nitrogen and oxygen atoms in total. The van der Waals surface area contributed by atoms with Gasteiger partial charge in [0.1, 0.15) is 17.1 Å². The molecule has 25 heavy (non-hydrogen) atoms. The number of nitrogens with zero attached hydrogens (tertiary/aromatic N) is 4. The van der Waals surface area contributed by atoms with Gasteiger partial charge in [-0.05, 0) is 32.4 Å². The van der Waals surface area contributed by atoms with Crippen LogP contribution in [0, 0.1) is 38.0 Å². The van der Waals surface area contributed by atoms with Gasteiger partial charge in [0.05, 0.1) is 12.0 Å². The lowest BCUT2D eigenvalue weighted by Gasteiger charge is -2.25. The fraction of sp³-hybridized carbons (Fsp3) is 0.368. The Morgan fingerprint density at radius 1 is 1.28 bits per heavy atom. The van der Waals surface area contributed by atoms with E-state index in [1.165, 1.54) is 0 Å². The van der Waals surface area contributed by atoms with E-state index in [-0.39, 0.29) is 5.91 Å². The first-order valence-electron chi connectivity index (χ1n) is 8.34. The molecule has 2 unspecified atom stereocenters. The van der Waals surface area contributed by atoms with Crippen molar-refractivity contribution in [2.75, 3.05) is 23.3 Å². The van der Waals surface area contributed by atoms with Crippen LogP contribution in [0.1, 0.15) is 22.6 Å². The second kappa shape index (κ2) is 5.28. The molecule has 0 saturated carbocycles. The number of para-hydroxylation sites is 1. The van der Waals surface area contributed by atoms with E-state index < -0.39 is 11.3 Å². The molecule has 1 spiro atoms. The van der Waals surface area contributed by atoms with Crippen LogP contribution < -0.4 is 10.2 Å². The third kappa shape index (κ3) is 2.05. The number of hydrogen-bond acceptors (Lipinski definition) is 5. The molecule has 2 aliphatic heterocycles. The molecule has 2 atom stereocenters. The van der Waals surface area contributed by atoms with Gasteiger partial charge in [-0.2, -0.15) is 5.26 Å². The molecule has 1 N–H and O–H groups in total. The predicted octanol–water partition coefficient (Wildman–Crippen LogP) is 2.25. The topological polar surface area (TPSA) is 81.9 Å². The summed E-state index contributed by atoms with van der Waals surface area (Å²) >= 11 is 0. The molecule has 126 valence electrons. The lowest BCUT2D eigenvalue weighted by molar-refractivity contribution is -0.120. The second-order valence-electron chi connectivity index (χ2n) is 6.84. The van der Waals surface area contributed by atoms with E-state index >= 15 is 0 Å². The van der Waals surface area contributed by atoms with E-state index in [0.29, 0.717) is 18.9 Å². The minimum absolute atomic E-state index is 0.0945.